The molecule has 61 valence electrons. The Bertz CT molecular complexity index is 450. The fraction of sp³-hybridized carbons (Fsp3) is 0. The van der Waals surface area contributed by atoms with Crippen molar-refractivity contribution in [3.8, 4) is 0 Å². The van der Waals surface area contributed by atoms with E-state index >= 15 is 0 Å². The number of benzene rings is 1. The monoisotopic (exact) mass is 227 g/mol. The molecule has 0 nitrogen and oxygen atoms in total. The number of fused-ring (bicyclic) bond motifs is 3. The summed E-state index contributed by atoms with van der Waals surface area (Å²) in [6.07, 6.45) is 4.57. The van der Waals surface area contributed by atoms with E-state index in [4.69, 9.17) is 0 Å². The van der Waals surface area contributed by atoms with E-state index in [1.54, 1.807) is 0 Å². The van der Waals surface area contributed by atoms with E-state index in [-0.39, 0.29) is 15.0 Å². The van der Waals surface area contributed by atoms with Gasteiger partial charge in [0.25, 0.3) is 0 Å². The molecule has 0 saturated carbocycles. The summed E-state index contributed by atoms with van der Waals surface area (Å²) in [6.45, 7) is 0. The molecule has 0 bridgehead atoms. The molecule has 13 heavy (non-hydrogen) atoms. The van der Waals surface area contributed by atoms with Crippen LogP contribution >= 0.6 is 0 Å². The van der Waals surface area contributed by atoms with Crippen LogP contribution in [0, 0.1) is 6.42 Å². The summed E-state index contributed by atoms with van der Waals surface area (Å²) in [5, 5.41) is 0. The second-order valence-electron chi connectivity index (χ2n) is 3.32. The normalized spacial score (nSPS) is 17.5. The minimum absolute atomic E-state index is 0.207. The molecule has 0 fully saturated rings. The van der Waals surface area contributed by atoms with Crippen LogP contribution in [0.4, 0.5) is 0 Å². The Hall–Kier alpha value is -0.887. The Labute approximate surface area is 84.0 Å². The quantitative estimate of drug-likeness (QED) is 0.591. The van der Waals surface area contributed by atoms with Crippen molar-refractivity contribution in [1.82, 2.24) is 0 Å². The van der Waals surface area contributed by atoms with Gasteiger partial charge in [0.15, 0.2) is 0 Å². The van der Waals surface area contributed by atoms with E-state index in [1.807, 2.05) is 0 Å². The Balaban J connectivity index is 2.27. The van der Waals surface area contributed by atoms with Gasteiger partial charge in [-0.25, -0.2) is 0 Å². The van der Waals surface area contributed by atoms with Crippen molar-refractivity contribution >= 4 is 25.4 Å². The van der Waals surface area contributed by atoms with E-state index in [1.165, 1.54) is 22.3 Å². The minimum atomic E-state index is -0.207. The molecular weight excluding hydrogens is 217 g/mol. The van der Waals surface area contributed by atoms with Crippen LogP contribution in [0.5, 0.6) is 0 Å². The molecule has 1 aliphatic carbocycles. The zero-order valence-corrected chi connectivity index (χ0v) is 9.62. The maximum atomic E-state index is 2.46. The summed E-state index contributed by atoms with van der Waals surface area (Å²) in [5.74, 6) is 0. The Kier molecular flexibility index (Phi) is 1.62. The predicted molar refractivity (Wildman–Crippen MR) is 59.1 cm³/mol. The molecule has 0 saturated heterocycles. The summed E-state index contributed by atoms with van der Waals surface area (Å²) < 4.78 is 0. The maximum absolute atomic E-state index is 2.46. The molecule has 1 heterocycles. The summed E-state index contributed by atoms with van der Waals surface area (Å²) in [5.41, 5.74) is 5.70. The number of hydrogen-bond acceptors (Lipinski definition) is 0. The van der Waals surface area contributed by atoms with Crippen LogP contribution in [-0.2, 0) is 0 Å². The summed E-state index contributed by atoms with van der Waals surface area (Å²) in [6, 6.07) is 8.65. The zero-order valence-electron chi connectivity index (χ0n) is 7.20. The van der Waals surface area contributed by atoms with Gasteiger partial charge in [0.2, 0.25) is 0 Å². The van der Waals surface area contributed by atoms with Crippen molar-refractivity contribution in [3.63, 3.8) is 0 Å². The van der Waals surface area contributed by atoms with Crippen molar-refractivity contribution in [2.45, 2.75) is 0 Å². The first-order chi connectivity index (χ1) is 6.45. The molecule has 1 aromatic rings. The molecule has 1 radical (unpaired) electrons. The summed E-state index contributed by atoms with van der Waals surface area (Å²) in [7, 11) is 0. The molecule has 1 aromatic carbocycles. The molecule has 1 aliphatic heterocycles. The molecule has 0 unspecified atom stereocenters. The molecular formula is C12H9Ge. The fourth-order valence-electron chi connectivity index (χ4n) is 1.90. The van der Waals surface area contributed by atoms with Gasteiger partial charge in [-0.2, -0.15) is 0 Å². The average Bonchev–Trinajstić information content (AvgIpc) is 2.56. The third-order valence-electron chi connectivity index (χ3n) is 2.52. The van der Waals surface area contributed by atoms with Crippen molar-refractivity contribution in [3.05, 3.63) is 58.4 Å². The molecule has 1 heteroatoms. The van der Waals surface area contributed by atoms with E-state index in [9.17, 15) is 0 Å². The van der Waals surface area contributed by atoms with E-state index < -0.39 is 0 Å². The molecule has 3 rings (SSSR count). The Morgan fingerprint density at radius 2 is 2.00 bits per heavy atom. The number of allylic oxidation sites excluding steroid dienone is 3. The van der Waals surface area contributed by atoms with Gasteiger partial charge in [0.1, 0.15) is 0 Å². The summed E-state index contributed by atoms with van der Waals surface area (Å²) in [4.78, 5) is 4.83. The van der Waals surface area contributed by atoms with Crippen LogP contribution in [0.15, 0.2) is 40.8 Å². The van der Waals surface area contributed by atoms with E-state index in [0.717, 1.165) is 0 Å². The standard InChI is InChI=1S/C12H9Ge/c1-2-4-11-9(3-1)7-10-5-6-13-8-12(10)11/h1-8,13H. The Morgan fingerprint density at radius 3 is 3.00 bits per heavy atom. The van der Waals surface area contributed by atoms with Crippen LogP contribution in [0.25, 0.3) is 5.57 Å². The first-order valence-electron chi connectivity index (χ1n) is 4.48. The molecule has 0 atom stereocenters. The van der Waals surface area contributed by atoms with E-state index in [2.05, 4.69) is 46.5 Å². The van der Waals surface area contributed by atoms with Crippen molar-refractivity contribution in [2.24, 2.45) is 0 Å². The van der Waals surface area contributed by atoms with Crippen LogP contribution in [0.2, 0.25) is 0 Å². The third kappa shape index (κ3) is 1.09. The second-order valence-corrected chi connectivity index (χ2v) is 5.63. The Morgan fingerprint density at radius 1 is 1.08 bits per heavy atom. The second kappa shape index (κ2) is 2.81. The van der Waals surface area contributed by atoms with Gasteiger partial charge in [-0.15, -0.1) is 0 Å². The van der Waals surface area contributed by atoms with Crippen LogP contribution in [0.3, 0.4) is 0 Å². The van der Waals surface area contributed by atoms with Gasteiger partial charge >= 0.3 is 83.8 Å². The van der Waals surface area contributed by atoms with Crippen molar-refractivity contribution in [2.75, 3.05) is 0 Å². The number of rotatable bonds is 0. The molecule has 2 aliphatic rings. The van der Waals surface area contributed by atoms with E-state index in [0.29, 0.717) is 0 Å². The molecule has 0 N–H and O–H groups in total. The molecule has 0 spiro atoms. The molecule has 0 amide bonds. The van der Waals surface area contributed by atoms with Crippen LogP contribution in [0.1, 0.15) is 11.1 Å². The third-order valence-corrected chi connectivity index (χ3v) is 4.50. The predicted octanol–water partition coefficient (Wildman–Crippen LogP) is 1.77. The van der Waals surface area contributed by atoms with Crippen LogP contribution in [-0.4, -0.2) is 19.8 Å². The van der Waals surface area contributed by atoms with Gasteiger partial charge in [-0.1, -0.05) is 0 Å². The zero-order chi connectivity index (χ0) is 8.67. The molecule has 0 aromatic heterocycles. The van der Waals surface area contributed by atoms with Crippen molar-refractivity contribution in [1.29, 1.82) is 0 Å². The van der Waals surface area contributed by atoms with Crippen LogP contribution < -0.4 is 0 Å². The summed E-state index contributed by atoms with van der Waals surface area (Å²) >= 11 is -0.207. The average molecular weight is 226 g/mol. The first-order valence-corrected chi connectivity index (χ1v) is 7.28. The van der Waals surface area contributed by atoms with Gasteiger partial charge < -0.3 is 0 Å². The van der Waals surface area contributed by atoms with Gasteiger partial charge in [-0.3, -0.25) is 0 Å². The number of hydrogen-bond donors (Lipinski definition) is 0. The SMILES string of the molecule is [CH]1C2=C[CH]=[GeH][CH]=C2c2ccccc21. The van der Waals surface area contributed by atoms with Crippen molar-refractivity contribution < 1.29 is 0 Å². The fourth-order valence-corrected chi connectivity index (χ4v) is 3.99. The van der Waals surface area contributed by atoms with Gasteiger partial charge in [-0.05, 0) is 0 Å². The topological polar surface area (TPSA) is 0 Å². The van der Waals surface area contributed by atoms with Gasteiger partial charge in [0, 0.05) is 0 Å². The van der Waals surface area contributed by atoms with Gasteiger partial charge in [0.05, 0.1) is 0 Å². The first kappa shape index (κ1) is 7.51.